The molecule has 0 spiro atoms. The van der Waals surface area contributed by atoms with Crippen molar-refractivity contribution in [3.63, 3.8) is 0 Å². The van der Waals surface area contributed by atoms with Crippen LogP contribution in [0.3, 0.4) is 0 Å². The van der Waals surface area contributed by atoms with Crippen molar-refractivity contribution in [2.75, 3.05) is 18.1 Å². The molecule has 1 aliphatic heterocycles. The van der Waals surface area contributed by atoms with Crippen LogP contribution < -0.4 is 5.73 Å². The van der Waals surface area contributed by atoms with E-state index in [1.54, 1.807) is 18.1 Å². The molecule has 0 radical (unpaired) electrons. The minimum Gasteiger partial charge on any atom is -0.394 e. The Labute approximate surface area is 130 Å². The van der Waals surface area contributed by atoms with Crippen LogP contribution in [0.2, 0.25) is 0 Å². The standard InChI is InChI=1S/C12H16ClN5O2S/c1-2-21-9-7(13)6(3-19)20-12(9)18-5-17-8-10(14)15-4-16-11(8)18/h4-7,9,12,19H,2-3H2,1H3,(H2,14,15,16). The first kappa shape index (κ1) is 14.8. The summed E-state index contributed by atoms with van der Waals surface area (Å²) >= 11 is 8.11. The van der Waals surface area contributed by atoms with Gasteiger partial charge in [-0.25, -0.2) is 15.0 Å². The lowest BCUT2D eigenvalue weighted by atomic mass is 10.2. The van der Waals surface area contributed by atoms with Gasteiger partial charge in [-0.15, -0.1) is 11.6 Å². The molecule has 21 heavy (non-hydrogen) atoms. The van der Waals surface area contributed by atoms with E-state index >= 15 is 0 Å². The number of aromatic nitrogens is 4. The van der Waals surface area contributed by atoms with Gasteiger partial charge in [0.2, 0.25) is 0 Å². The van der Waals surface area contributed by atoms with Gasteiger partial charge in [-0.3, -0.25) is 4.57 Å². The van der Waals surface area contributed by atoms with Crippen molar-refractivity contribution in [1.29, 1.82) is 0 Å². The van der Waals surface area contributed by atoms with Gasteiger partial charge < -0.3 is 15.6 Å². The molecule has 2 aromatic heterocycles. The van der Waals surface area contributed by atoms with E-state index in [0.29, 0.717) is 17.0 Å². The first-order valence-electron chi connectivity index (χ1n) is 6.62. The molecule has 3 N–H and O–H groups in total. The van der Waals surface area contributed by atoms with Gasteiger partial charge in [-0.05, 0) is 5.75 Å². The third-order valence-electron chi connectivity index (χ3n) is 3.46. The molecular formula is C12H16ClN5O2S. The lowest BCUT2D eigenvalue weighted by molar-refractivity contribution is -0.0189. The summed E-state index contributed by atoms with van der Waals surface area (Å²) in [4.78, 5) is 12.4. The van der Waals surface area contributed by atoms with Crippen molar-refractivity contribution in [2.24, 2.45) is 0 Å². The monoisotopic (exact) mass is 329 g/mol. The van der Waals surface area contributed by atoms with E-state index in [9.17, 15) is 5.11 Å². The number of anilines is 1. The number of hydrogen-bond acceptors (Lipinski definition) is 7. The van der Waals surface area contributed by atoms with Crippen LogP contribution in [0.4, 0.5) is 5.82 Å². The number of nitrogen functional groups attached to an aromatic ring is 1. The maximum Gasteiger partial charge on any atom is 0.167 e. The normalized spacial score (nSPS) is 29.3. The number of alkyl halides is 1. The van der Waals surface area contributed by atoms with Gasteiger partial charge in [0.05, 0.1) is 23.6 Å². The zero-order valence-corrected chi connectivity index (χ0v) is 13.0. The third-order valence-corrected chi connectivity index (χ3v) is 5.41. The highest BCUT2D eigenvalue weighted by atomic mass is 35.5. The largest absolute Gasteiger partial charge is 0.394 e. The number of nitrogens with zero attached hydrogens (tertiary/aromatic N) is 4. The first-order valence-corrected chi connectivity index (χ1v) is 8.10. The van der Waals surface area contributed by atoms with Crippen LogP contribution in [0.1, 0.15) is 13.2 Å². The maximum atomic E-state index is 9.41. The van der Waals surface area contributed by atoms with Crippen LogP contribution in [-0.4, -0.2) is 53.7 Å². The third kappa shape index (κ3) is 2.46. The second-order valence-electron chi connectivity index (χ2n) is 4.70. The van der Waals surface area contributed by atoms with Gasteiger partial charge >= 0.3 is 0 Å². The number of halogens is 1. The van der Waals surface area contributed by atoms with Crippen molar-refractivity contribution in [3.05, 3.63) is 12.7 Å². The molecule has 7 nitrogen and oxygen atoms in total. The summed E-state index contributed by atoms with van der Waals surface area (Å²) in [6, 6.07) is 0. The van der Waals surface area contributed by atoms with Gasteiger partial charge in [0.15, 0.2) is 17.7 Å². The van der Waals surface area contributed by atoms with E-state index in [2.05, 4.69) is 21.9 Å². The minimum atomic E-state index is -0.405. The number of imidazole rings is 1. The SMILES string of the molecule is CCSC1C(Cl)C(CO)OC1n1cnc2c(N)ncnc21. The van der Waals surface area contributed by atoms with Crippen LogP contribution in [-0.2, 0) is 4.74 Å². The Morgan fingerprint density at radius 3 is 3.00 bits per heavy atom. The number of thioether (sulfide) groups is 1. The molecule has 3 rings (SSSR count). The molecule has 0 aromatic carbocycles. The molecule has 4 atom stereocenters. The van der Waals surface area contributed by atoms with E-state index in [1.807, 2.05) is 4.57 Å². The Bertz CT molecular complexity index is 639. The quantitative estimate of drug-likeness (QED) is 0.808. The molecule has 0 amide bonds. The summed E-state index contributed by atoms with van der Waals surface area (Å²) in [5, 5.41) is 9.13. The van der Waals surface area contributed by atoms with Crippen LogP contribution >= 0.6 is 23.4 Å². The molecule has 114 valence electrons. The highest BCUT2D eigenvalue weighted by molar-refractivity contribution is 8.00. The second-order valence-corrected chi connectivity index (χ2v) is 6.65. The van der Waals surface area contributed by atoms with Gasteiger partial charge in [-0.2, -0.15) is 11.8 Å². The zero-order valence-electron chi connectivity index (χ0n) is 11.4. The van der Waals surface area contributed by atoms with Crippen molar-refractivity contribution in [1.82, 2.24) is 19.5 Å². The smallest absolute Gasteiger partial charge is 0.167 e. The fourth-order valence-electron chi connectivity index (χ4n) is 2.49. The Hall–Kier alpha value is -1.09. The predicted octanol–water partition coefficient (Wildman–Crippen LogP) is 1.03. The van der Waals surface area contributed by atoms with Gasteiger partial charge in [0.25, 0.3) is 0 Å². The molecule has 0 aliphatic carbocycles. The van der Waals surface area contributed by atoms with E-state index in [1.165, 1.54) is 6.33 Å². The molecule has 0 bridgehead atoms. The topological polar surface area (TPSA) is 99.1 Å². The average molecular weight is 330 g/mol. The molecule has 2 aromatic rings. The summed E-state index contributed by atoms with van der Waals surface area (Å²) in [7, 11) is 0. The zero-order chi connectivity index (χ0) is 15.0. The molecule has 4 unspecified atom stereocenters. The Morgan fingerprint density at radius 1 is 1.48 bits per heavy atom. The molecule has 1 saturated heterocycles. The van der Waals surface area contributed by atoms with Crippen LogP contribution in [0.5, 0.6) is 0 Å². The Balaban J connectivity index is 2.02. The fraction of sp³-hybridized carbons (Fsp3) is 0.583. The molecule has 1 fully saturated rings. The summed E-state index contributed by atoms with van der Waals surface area (Å²) in [5.74, 6) is 1.23. The van der Waals surface area contributed by atoms with Crippen LogP contribution in [0.25, 0.3) is 11.2 Å². The summed E-state index contributed by atoms with van der Waals surface area (Å²) in [6.07, 6.45) is 2.28. The van der Waals surface area contributed by atoms with Gasteiger partial charge in [0, 0.05) is 0 Å². The van der Waals surface area contributed by atoms with Crippen molar-refractivity contribution < 1.29 is 9.84 Å². The summed E-state index contributed by atoms with van der Waals surface area (Å²) in [5.41, 5.74) is 6.95. The molecule has 1 aliphatic rings. The van der Waals surface area contributed by atoms with Crippen molar-refractivity contribution >= 4 is 40.3 Å². The highest BCUT2D eigenvalue weighted by Gasteiger charge is 2.44. The van der Waals surface area contributed by atoms with Crippen LogP contribution in [0.15, 0.2) is 12.7 Å². The number of fused-ring (bicyclic) bond motifs is 1. The number of aliphatic hydroxyl groups excluding tert-OH is 1. The number of hydrogen-bond donors (Lipinski definition) is 2. The lowest BCUT2D eigenvalue weighted by Gasteiger charge is -2.20. The summed E-state index contributed by atoms with van der Waals surface area (Å²) in [6.45, 7) is 1.94. The van der Waals surface area contributed by atoms with Gasteiger partial charge in [0.1, 0.15) is 17.9 Å². The number of nitrogens with two attached hydrogens (primary N) is 1. The maximum absolute atomic E-state index is 9.41. The fourth-order valence-corrected chi connectivity index (χ4v) is 4.08. The summed E-state index contributed by atoms with van der Waals surface area (Å²) < 4.78 is 7.71. The van der Waals surface area contributed by atoms with Crippen molar-refractivity contribution in [2.45, 2.75) is 29.9 Å². The van der Waals surface area contributed by atoms with E-state index in [0.717, 1.165) is 5.75 Å². The van der Waals surface area contributed by atoms with Crippen molar-refractivity contribution in [3.8, 4) is 0 Å². The Morgan fingerprint density at radius 2 is 2.29 bits per heavy atom. The lowest BCUT2D eigenvalue weighted by Crippen LogP contribution is -2.26. The van der Waals surface area contributed by atoms with Crippen LogP contribution in [0, 0.1) is 0 Å². The number of rotatable bonds is 4. The second kappa shape index (κ2) is 5.96. The first-order chi connectivity index (χ1) is 10.2. The molecular weight excluding hydrogens is 314 g/mol. The van der Waals surface area contributed by atoms with E-state index < -0.39 is 6.10 Å². The predicted molar refractivity (Wildman–Crippen MR) is 82.3 cm³/mol. The average Bonchev–Trinajstić information content (AvgIpc) is 3.03. The minimum absolute atomic E-state index is 0.00223. The Kier molecular flexibility index (Phi) is 4.21. The molecule has 3 heterocycles. The number of ether oxygens (including phenoxy) is 1. The molecule has 9 heteroatoms. The number of aliphatic hydroxyl groups is 1. The highest BCUT2D eigenvalue weighted by Crippen LogP contribution is 2.41. The van der Waals surface area contributed by atoms with E-state index in [-0.39, 0.29) is 23.5 Å². The molecule has 0 saturated carbocycles. The van der Waals surface area contributed by atoms with E-state index in [4.69, 9.17) is 22.1 Å². The van der Waals surface area contributed by atoms with Gasteiger partial charge in [-0.1, -0.05) is 6.92 Å².